The second kappa shape index (κ2) is 8.40. The van der Waals surface area contributed by atoms with Gasteiger partial charge in [0.15, 0.2) is 6.20 Å². The van der Waals surface area contributed by atoms with Gasteiger partial charge in [0.25, 0.3) is 0 Å². The summed E-state index contributed by atoms with van der Waals surface area (Å²) in [6, 6.07) is 8.54. The highest BCUT2D eigenvalue weighted by Crippen LogP contribution is 2.18. The van der Waals surface area contributed by atoms with Gasteiger partial charge in [0, 0.05) is 18.2 Å². The molecule has 0 fully saturated rings. The lowest BCUT2D eigenvalue weighted by Gasteiger charge is -1.91. The van der Waals surface area contributed by atoms with Gasteiger partial charge in [0.1, 0.15) is 11.5 Å². The van der Waals surface area contributed by atoms with E-state index in [1.807, 2.05) is 11.5 Å². The predicted molar refractivity (Wildman–Crippen MR) is 67.0 cm³/mol. The van der Waals surface area contributed by atoms with E-state index < -0.39 is 0 Å². The topological polar surface area (TPSA) is 4.10 Å². The highest BCUT2D eigenvalue weighted by molar-refractivity contribution is 14.0. The van der Waals surface area contributed by atoms with Crippen LogP contribution in [0.3, 0.4) is 0 Å². The minimum absolute atomic E-state index is 0. The minimum Gasteiger partial charge on any atom is -1.00 e. The third-order valence-electron chi connectivity index (χ3n) is 1.92. The molecule has 86 valence electrons. The van der Waals surface area contributed by atoms with Crippen molar-refractivity contribution in [2.45, 2.75) is 19.8 Å². The van der Waals surface area contributed by atoms with Crippen LogP contribution in [0.2, 0.25) is 0 Å². The molecule has 0 N–H and O–H groups in total. The Bertz CT molecular complexity index is 367. The van der Waals surface area contributed by atoms with Crippen molar-refractivity contribution in [2.75, 3.05) is 0 Å². The van der Waals surface area contributed by atoms with Crippen LogP contribution in [0.15, 0.2) is 30.5 Å². The van der Waals surface area contributed by atoms with Crippen LogP contribution in [-0.2, 0) is 0 Å². The Balaban J connectivity index is 0. The number of hydrogen-bond acceptors (Lipinski definition) is 1. The van der Waals surface area contributed by atoms with Crippen LogP contribution >= 0.6 is 35.5 Å². The Morgan fingerprint density at radius 3 is 2.40 bits per heavy atom. The maximum absolute atomic E-state index is 2.26. The normalized spacial score (nSPS) is 9.00. The van der Waals surface area contributed by atoms with Crippen LogP contribution in [0.1, 0.15) is 24.6 Å². The summed E-state index contributed by atoms with van der Waals surface area (Å²) < 4.78 is 2.20. The van der Waals surface area contributed by atoms with Gasteiger partial charge in [-0.15, -0.1) is 27.8 Å². The molecule has 0 aromatic carbocycles. The molecule has 1 nitrogen and oxygen atoms in total. The van der Waals surface area contributed by atoms with Crippen LogP contribution < -0.4 is 51.7 Å². The SMILES string of the molecule is CC(C)c1cc2cccc[n+]2s1.I.[I-].[I-]. The van der Waals surface area contributed by atoms with Crippen molar-refractivity contribution < 1.29 is 51.7 Å². The average Bonchev–Trinajstić information content (AvgIpc) is 2.46. The molecule has 0 saturated heterocycles. The molecule has 0 aliphatic heterocycles. The predicted octanol–water partition coefficient (Wildman–Crippen LogP) is -2.76. The lowest BCUT2D eigenvalue weighted by Crippen LogP contribution is -3.00. The zero-order valence-electron chi connectivity index (χ0n) is 8.48. The standard InChI is InChI=1S/C10H12NS.3HI/c1-8(2)10-7-9-5-3-4-6-11(9)12-10;;;/h3-8H,1-2H3;3*1H/q+1;;;/p-2. The molecule has 0 bridgehead atoms. The molecule has 0 unspecified atom stereocenters. The summed E-state index contributed by atoms with van der Waals surface area (Å²) in [5.74, 6) is 0.634. The first kappa shape index (κ1) is 18.7. The maximum Gasteiger partial charge on any atom is 0.226 e. The number of hydrogen-bond donors (Lipinski definition) is 0. The molecule has 0 amide bonds. The van der Waals surface area contributed by atoms with Crippen molar-refractivity contribution >= 4 is 41.0 Å². The van der Waals surface area contributed by atoms with Gasteiger partial charge in [-0.2, -0.15) is 0 Å². The molecule has 2 aromatic rings. The van der Waals surface area contributed by atoms with E-state index in [0.29, 0.717) is 5.92 Å². The Morgan fingerprint density at radius 2 is 1.87 bits per heavy atom. The van der Waals surface area contributed by atoms with Crippen molar-refractivity contribution in [1.29, 1.82) is 0 Å². The zero-order valence-corrected chi connectivity index (χ0v) is 15.9. The Labute approximate surface area is 146 Å². The van der Waals surface area contributed by atoms with Gasteiger partial charge in [-0.3, -0.25) is 0 Å². The Kier molecular flexibility index (Phi) is 10.4. The maximum atomic E-state index is 2.26. The van der Waals surface area contributed by atoms with Crippen LogP contribution in [0.25, 0.3) is 5.52 Å². The number of rotatable bonds is 1. The number of aromatic nitrogens is 1. The number of fused-ring (bicyclic) bond motifs is 1. The monoisotopic (exact) mass is 560 g/mol. The molecule has 2 aromatic heterocycles. The van der Waals surface area contributed by atoms with Crippen molar-refractivity contribution in [1.82, 2.24) is 0 Å². The van der Waals surface area contributed by atoms with E-state index >= 15 is 0 Å². The molecule has 0 saturated carbocycles. The molecule has 5 heteroatoms. The fraction of sp³-hybridized carbons (Fsp3) is 0.300. The quantitative estimate of drug-likeness (QED) is 0.263. The van der Waals surface area contributed by atoms with E-state index in [0.717, 1.165) is 0 Å². The fourth-order valence-corrected chi connectivity index (χ4v) is 2.16. The summed E-state index contributed by atoms with van der Waals surface area (Å²) in [5, 5.41) is 0. The summed E-state index contributed by atoms with van der Waals surface area (Å²) in [6.45, 7) is 4.45. The first-order valence-corrected chi connectivity index (χ1v) is 4.95. The lowest BCUT2D eigenvalue weighted by molar-refractivity contribution is -0.431. The first-order valence-electron chi connectivity index (χ1n) is 4.18. The van der Waals surface area contributed by atoms with Gasteiger partial charge < -0.3 is 48.0 Å². The van der Waals surface area contributed by atoms with E-state index in [9.17, 15) is 0 Å². The smallest absolute Gasteiger partial charge is 0.226 e. The average molecular weight is 560 g/mol. The highest BCUT2D eigenvalue weighted by Gasteiger charge is 2.11. The first-order chi connectivity index (χ1) is 5.77. The fourth-order valence-electron chi connectivity index (χ4n) is 1.19. The van der Waals surface area contributed by atoms with Crippen LogP contribution in [-0.4, -0.2) is 0 Å². The van der Waals surface area contributed by atoms with Gasteiger partial charge in [-0.05, 0) is 12.0 Å². The van der Waals surface area contributed by atoms with E-state index in [-0.39, 0.29) is 71.9 Å². The molecule has 0 atom stereocenters. The van der Waals surface area contributed by atoms with Gasteiger partial charge in [0.2, 0.25) is 5.52 Å². The van der Waals surface area contributed by atoms with Crippen LogP contribution in [0, 0.1) is 0 Å². The Morgan fingerprint density at radius 1 is 1.20 bits per heavy atom. The third kappa shape index (κ3) is 4.58. The van der Waals surface area contributed by atoms with Gasteiger partial charge >= 0.3 is 0 Å². The van der Waals surface area contributed by atoms with Crippen molar-refractivity contribution in [3.05, 3.63) is 35.3 Å². The van der Waals surface area contributed by atoms with Crippen molar-refractivity contribution in [3.63, 3.8) is 0 Å². The van der Waals surface area contributed by atoms with Crippen LogP contribution in [0.4, 0.5) is 0 Å². The molecule has 2 rings (SSSR count). The molecule has 15 heavy (non-hydrogen) atoms. The molecule has 0 aliphatic rings. The van der Waals surface area contributed by atoms with E-state index in [1.165, 1.54) is 10.4 Å². The van der Waals surface area contributed by atoms with Gasteiger partial charge in [0.05, 0.1) is 4.88 Å². The Hall–Kier alpha value is 1.30. The van der Waals surface area contributed by atoms with Gasteiger partial charge in [-0.1, -0.05) is 13.8 Å². The molecule has 0 radical (unpaired) electrons. The molecular formula is C10H13I3NS-. The summed E-state index contributed by atoms with van der Waals surface area (Å²) in [5.41, 5.74) is 1.30. The van der Waals surface area contributed by atoms with E-state index in [1.54, 1.807) is 0 Å². The lowest BCUT2D eigenvalue weighted by atomic mass is 10.2. The summed E-state index contributed by atoms with van der Waals surface area (Å²) in [6.07, 6.45) is 2.10. The summed E-state index contributed by atoms with van der Waals surface area (Å²) in [4.78, 5) is 1.45. The van der Waals surface area contributed by atoms with Crippen molar-refractivity contribution in [3.8, 4) is 0 Å². The number of nitrogens with zero attached hydrogens (tertiary/aromatic N) is 1. The third-order valence-corrected chi connectivity index (χ3v) is 3.25. The minimum atomic E-state index is 0. The second-order valence-electron chi connectivity index (χ2n) is 3.24. The largest absolute Gasteiger partial charge is 1.00 e. The molecule has 0 aliphatic carbocycles. The van der Waals surface area contributed by atoms with Crippen LogP contribution in [0.5, 0.6) is 0 Å². The molecule has 0 spiro atoms. The molecular weight excluding hydrogens is 547 g/mol. The van der Waals surface area contributed by atoms with E-state index in [2.05, 4.69) is 48.1 Å². The molecule has 2 heterocycles. The zero-order chi connectivity index (χ0) is 8.55. The number of pyridine rings is 1. The second-order valence-corrected chi connectivity index (χ2v) is 4.29. The number of halogens is 3. The summed E-state index contributed by atoms with van der Waals surface area (Å²) in [7, 11) is 0. The van der Waals surface area contributed by atoms with Crippen molar-refractivity contribution in [2.24, 2.45) is 0 Å². The van der Waals surface area contributed by atoms with E-state index in [4.69, 9.17) is 0 Å². The summed E-state index contributed by atoms with van der Waals surface area (Å²) >= 11 is 1.82. The van der Waals surface area contributed by atoms with Gasteiger partial charge in [-0.25, -0.2) is 0 Å². The highest BCUT2D eigenvalue weighted by atomic mass is 127.